The van der Waals surface area contributed by atoms with Gasteiger partial charge in [0, 0.05) is 36.5 Å². The number of likely N-dealkylation sites (N-methyl/N-ethyl adjacent to an activating group) is 1. The zero-order chi connectivity index (χ0) is 22.1. The van der Waals surface area contributed by atoms with Crippen molar-refractivity contribution in [1.82, 2.24) is 9.88 Å². The number of hydrogen-bond acceptors (Lipinski definition) is 6. The predicted octanol–water partition coefficient (Wildman–Crippen LogP) is 4.05. The van der Waals surface area contributed by atoms with Crippen molar-refractivity contribution >= 4 is 22.8 Å². The second-order valence-electron chi connectivity index (χ2n) is 8.62. The van der Waals surface area contributed by atoms with Crippen molar-refractivity contribution in [2.24, 2.45) is 0 Å². The molecule has 0 aliphatic carbocycles. The highest BCUT2D eigenvalue weighted by molar-refractivity contribution is 5.89. The Morgan fingerprint density at radius 3 is 2.43 bits per heavy atom. The van der Waals surface area contributed by atoms with Crippen LogP contribution in [0.15, 0.2) is 24.4 Å². The molecule has 0 amide bonds. The highest BCUT2D eigenvalue weighted by atomic mass is 16.7. The maximum Gasteiger partial charge on any atom is 0.308 e. The van der Waals surface area contributed by atoms with Crippen LogP contribution in [-0.4, -0.2) is 54.9 Å². The second kappa shape index (κ2) is 11.0. The van der Waals surface area contributed by atoms with Crippen molar-refractivity contribution in [1.29, 1.82) is 0 Å². The van der Waals surface area contributed by atoms with E-state index in [1.54, 1.807) is 0 Å². The Kier molecular flexibility index (Phi) is 8.72. The van der Waals surface area contributed by atoms with E-state index in [9.17, 15) is 9.59 Å². The standard InChI is InChI=1S/C23H34N2O5/c1-23(2,3)30-21(27)12-7-6-11-20(26)29-16-28-19-10-8-9-18-22(19)17(15-24-18)13-14-25(4)5/h8-10,15,24H,6-7,11-14,16H2,1-5H3. The number of ether oxygens (including phenoxy) is 3. The summed E-state index contributed by atoms with van der Waals surface area (Å²) in [5.74, 6) is 0.109. The van der Waals surface area contributed by atoms with E-state index in [1.807, 2.05) is 59.3 Å². The first-order valence-corrected chi connectivity index (χ1v) is 10.4. The predicted molar refractivity (Wildman–Crippen MR) is 116 cm³/mol. The molecule has 2 aromatic rings. The van der Waals surface area contributed by atoms with Gasteiger partial charge in [0.15, 0.2) is 0 Å². The fraction of sp³-hybridized carbons (Fsp3) is 0.565. The average Bonchev–Trinajstić information content (AvgIpc) is 3.06. The summed E-state index contributed by atoms with van der Waals surface area (Å²) in [4.78, 5) is 29.0. The van der Waals surface area contributed by atoms with Crippen molar-refractivity contribution in [3.8, 4) is 5.75 Å². The topological polar surface area (TPSA) is 80.9 Å². The van der Waals surface area contributed by atoms with Crippen molar-refractivity contribution in [3.05, 3.63) is 30.0 Å². The van der Waals surface area contributed by atoms with Gasteiger partial charge in [-0.2, -0.15) is 0 Å². The lowest BCUT2D eigenvalue weighted by molar-refractivity contribution is -0.155. The number of fused-ring (bicyclic) bond motifs is 1. The van der Waals surface area contributed by atoms with Crippen LogP contribution in [0.1, 0.15) is 52.0 Å². The van der Waals surface area contributed by atoms with Crippen LogP contribution in [0.4, 0.5) is 0 Å². The number of aromatic nitrogens is 1. The molecule has 0 spiro atoms. The highest BCUT2D eigenvalue weighted by Crippen LogP contribution is 2.29. The number of rotatable bonds is 11. The number of unbranched alkanes of at least 4 members (excludes halogenated alkanes) is 1. The maximum atomic E-state index is 11.9. The molecule has 7 heteroatoms. The second-order valence-corrected chi connectivity index (χ2v) is 8.62. The third-order valence-corrected chi connectivity index (χ3v) is 4.44. The van der Waals surface area contributed by atoms with E-state index in [4.69, 9.17) is 14.2 Å². The van der Waals surface area contributed by atoms with Gasteiger partial charge in [-0.15, -0.1) is 0 Å². The zero-order valence-corrected chi connectivity index (χ0v) is 18.7. The minimum absolute atomic E-state index is 0.137. The van der Waals surface area contributed by atoms with E-state index in [-0.39, 0.29) is 25.2 Å². The average molecular weight is 419 g/mol. The van der Waals surface area contributed by atoms with Crippen molar-refractivity contribution < 1.29 is 23.8 Å². The Morgan fingerprint density at radius 2 is 1.77 bits per heavy atom. The number of carbonyl (C=O) groups excluding carboxylic acids is 2. The number of nitrogens with one attached hydrogen (secondary N) is 1. The lowest BCUT2D eigenvalue weighted by Crippen LogP contribution is -2.23. The Labute approximate surface area is 178 Å². The molecule has 0 aliphatic heterocycles. The quantitative estimate of drug-likeness (QED) is 0.337. The molecule has 0 fully saturated rings. The van der Waals surface area contributed by atoms with Gasteiger partial charge in [0.2, 0.25) is 6.79 Å². The Morgan fingerprint density at radius 1 is 1.07 bits per heavy atom. The number of aromatic amines is 1. The van der Waals surface area contributed by atoms with E-state index in [1.165, 1.54) is 5.56 Å². The number of nitrogens with zero attached hydrogens (tertiary/aromatic N) is 1. The van der Waals surface area contributed by atoms with Crippen LogP contribution in [0.25, 0.3) is 10.9 Å². The van der Waals surface area contributed by atoms with Gasteiger partial charge in [0.05, 0.1) is 0 Å². The van der Waals surface area contributed by atoms with Crippen LogP contribution in [0.3, 0.4) is 0 Å². The minimum Gasteiger partial charge on any atom is -0.460 e. The molecule has 0 saturated heterocycles. The largest absolute Gasteiger partial charge is 0.460 e. The van der Waals surface area contributed by atoms with E-state index >= 15 is 0 Å². The van der Waals surface area contributed by atoms with Gasteiger partial charge >= 0.3 is 11.9 Å². The summed E-state index contributed by atoms with van der Waals surface area (Å²) in [5, 5.41) is 1.02. The summed E-state index contributed by atoms with van der Waals surface area (Å²) in [6.07, 6.45) is 4.59. The number of esters is 2. The molecule has 166 valence electrons. The molecule has 1 aromatic carbocycles. The first-order chi connectivity index (χ1) is 14.2. The molecular weight excluding hydrogens is 384 g/mol. The number of benzene rings is 1. The van der Waals surface area contributed by atoms with Crippen LogP contribution in [0.2, 0.25) is 0 Å². The summed E-state index contributed by atoms with van der Waals surface area (Å²) < 4.78 is 16.2. The summed E-state index contributed by atoms with van der Waals surface area (Å²) in [6, 6.07) is 5.78. The molecule has 1 N–H and O–H groups in total. The number of carbonyl (C=O) groups is 2. The third kappa shape index (κ3) is 8.06. The molecule has 0 unspecified atom stereocenters. The molecule has 1 heterocycles. The van der Waals surface area contributed by atoms with Crippen LogP contribution in [-0.2, 0) is 25.5 Å². The Balaban J connectivity index is 1.76. The van der Waals surface area contributed by atoms with Gasteiger partial charge in [-0.05, 0) is 71.8 Å². The maximum absolute atomic E-state index is 11.9. The van der Waals surface area contributed by atoms with Crippen LogP contribution < -0.4 is 4.74 Å². The summed E-state index contributed by atoms with van der Waals surface area (Å²) in [7, 11) is 4.08. The summed E-state index contributed by atoms with van der Waals surface area (Å²) in [5.41, 5.74) is 1.68. The molecule has 0 bridgehead atoms. The molecular formula is C23H34N2O5. The third-order valence-electron chi connectivity index (χ3n) is 4.44. The molecule has 1 aromatic heterocycles. The van der Waals surface area contributed by atoms with Crippen LogP contribution in [0, 0.1) is 0 Å². The van der Waals surface area contributed by atoms with Gasteiger partial charge in [-0.25, -0.2) is 0 Å². The van der Waals surface area contributed by atoms with E-state index < -0.39 is 5.60 Å². The lowest BCUT2D eigenvalue weighted by atomic mass is 10.1. The van der Waals surface area contributed by atoms with Gasteiger partial charge in [0.1, 0.15) is 11.4 Å². The normalized spacial score (nSPS) is 11.7. The highest BCUT2D eigenvalue weighted by Gasteiger charge is 2.16. The lowest BCUT2D eigenvalue weighted by Gasteiger charge is -2.19. The van der Waals surface area contributed by atoms with Crippen LogP contribution in [0.5, 0.6) is 5.75 Å². The molecule has 0 radical (unpaired) electrons. The van der Waals surface area contributed by atoms with Gasteiger partial charge < -0.3 is 24.1 Å². The first kappa shape index (κ1) is 23.7. The fourth-order valence-electron chi connectivity index (χ4n) is 3.04. The molecule has 30 heavy (non-hydrogen) atoms. The van der Waals surface area contributed by atoms with Gasteiger partial charge in [-0.3, -0.25) is 9.59 Å². The molecule has 0 saturated carbocycles. The molecule has 0 aliphatic rings. The van der Waals surface area contributed by atoms with E-state index in [0.717, 1.165) is 23.9 Å². The monoisotopic (exact) mass is 418 g/mol. The van der Waals surface area contributed by atoms with E-state index in [2.05, 4.69) is 9.88 Å². The Bertz CT molecular complexity index is 836. The van der Waals surface area contributed by atoms with Crippen molar-refractivity contribution in [3.63, 3.8) is 0 Å². The van der Waals surface area contributed by atoms with Gasteiger partial charge in [-0.1, -0.05) is 6.07 Å². The fourth-order valence-corrected chi connectivity index (χ4v) is 3.04. The van der Waals surface area contributed by atoms with Crippen molar-refractivity contribution in [2.75, 3.05) is 27.4 Å². The number of hydrogen-bond donors (Lipinski definition) is 1. The zero-order valence-electron chi connectivity index (χ0n) is 18.7. The smallest absolute Gasteiger partial charge is 0.308 e. The van der Waals surface area contributed by atoms with Crippen LogP contribution >= 0.6 is 0 Å². The van der Waals surface area contributed by atoms with Gasteiger partial charge in [0.25, 0.3) is 0 Å². The van der Waals surface area contributed by atoms with E-state index in [0.29, 0.717) is 25.0 Å². The first-order valence-electron chi connectivity index (χ1n) is 10.4. The minimum atomic E-state index is -0.484. The number of H-pyrrole nitrogens is 1. The Hall–Kier alpha value is -2.54. The summed E-state index contributed by atoms with van der Waals surface area (Å²) >= 11 is 0. The molecule has 7 nitrogen and oxygen atoms in total. The molecule has 2 rings (SSSR count). The summed E-state index contributed by atoms with van der Waals surface area (Å²) in [6.45, 7) is 6.30. The van der Waals surface area contributed by atoms with Crippen molar-refractivity contribution in [2.45, 2.75) is 58.5 Å². The SMILES string of the molecule is CN(C)CCc1c[nH]c2cccc(OCOC(=O)CCCCC(=O)OC(C)(C)C)c12. The molecule has 0 atom stereocenters.